The average molecular weight is 304 g/mol. The number of aromatic nitrogens is 3. The maximum Gasteiger partial charge on any atom is 0.177 e. The first kappa shape index (κ1) is 11.2. The van der Waals surface area contributed by atoms with Crippen molar-refractivity contribution in [2.75, 3.05) is 0 Å². The molecule has 3 rings (SSSR count). The SMILES string of the molecule is Oc1ccccc1Cc1nc2ncc(Br)cc2[nH]1. The van der Waals surface area contributed by atoms with Crippen molar-refractivity contribution >= 4 is 27.1 Å². The highest BCUT2D eigenvalue weighted by Crippen LogP contribution is 2.20. The summed E-state index contributed by atoms with van der Waals surface area (Å²) in [7, 11) is 0. The van der Waals surface area contributed by atoms with E-state index in [4.69, 9.17) is 0 Å². The molecule has 2 N–H and O–H groups in total. The molecule has 0 aliphatic heterocycles. The summed E-state index contributed by atoms with van der Waals surface area (Å²) in [5.74, 6) is 1.07. The monoisotopic (exact) mass is 303 g/mol. The van der Waals surface area contributed by atoms with Gasteiger partial charge in [0, 0.05) is 22.7 Å². The van der Waals surface area contributed by atoms with E-state index in [0.717, 1.165) is 21.4 Å². The molecule has 0 aliphatic rings. The number of hydrogen-bond donors (Lipinski definition) is 2. The van der Waals surface area contributed by atoms with E-state index in [9.17, 15) is 5.11 Å². The minimum Gasteiger partial charge on any atom is -0.508 e. The van der Waals surface area contributed by atoms with Gasteiger partial charge in [0.1, 0.15) is 11.6 Å². The molecule has 3 aromatic rings. The summed E-state index contributed by atoms with van der Waals surface area (Å²) in [5, 5.41) is 9.73. The summed E-state index contributed by atoms with van der Waals surface area (Å²) in [6.45, 7) is 0. The molecule has 0 bridgehead atoms. The van der Waals surface area contributed by atoms with E-state index < -0.39 is 0 Å². The molecule has 0 atom stereocenters. The molecular formula is C13H10BrN3O. The number of nitrogens with zero attached hydrogens (tertiary/aromatic N) is 2. The van der Waals surface area contributed by atoms with E-state index in [1.54, 1.807) is 18.3 Å². The van der Waals surface area contributed by atoms with Crippen molar-refractivity contribution in [2.24, 2.45) is 0 Å². The molecule has 2 aromatic heterocycles. The molecule has 0 fully saturated rings. The highest BCUT2D eigenvalue weighted by Gasteiger charge is 2.07. The van der Waals surface area contributed by atoms with E-state index in [-0.39, 0.29) is 5.75 Å². The zero-order chi connectivity index (χ0) is 12.5. The highest BCUT2D eigenvalue weighted by atomic mass is 79.9. The normalized spacial score (nSPS) is 10.9. The molecule has 0 aliphatic carbocycles. The third-order valence-electron chi connectivity index (χ3n) is 2.70. The van der Waals surface area contributed by atoms with Crippen LogP contribution in [-0.2, 0) is 6.42 Å². The van der Waals surface area contributed by atoms with Crippen LogP contribution in [0.15, 0.2) is 41.0 Å². The third kappa shape index (κ3) is 2.09. The maximum absolute atomic E-state index is 9.73. The second-order valence-corrected chi connectivity index (χ2v) is 4.93. The first-order valence-electron chi connectivity index (χ1n) is 5.49. The number of imidazole rings is 1. The molecule has 0 unspecified atom stereocenters. The number of aromatic hydroxyl groups is 1. The Labute approximate surface area is 112 Å². The van der Waals surface area contributed by atoms with Crippen molar-refractivity contribution in [3.63, 3.8) is 0 Å². The van der Waals surface area contributed by atoms with E-state index >= 15 is 0 Å². The van der Waals surface area contributed by atoms with Gasteiger partial charge in [-0.1, -0.05) is 18.2 Å². The van der Waals surface area contributed by atoms with Crippen LogP contribution in [0.25, 0.3) is 11.2 Å². The summed E-state index contributed by atoms with van der Waals surface area (Å²) in [5.41, 5.74) is 2.41. The summed E-state index contributed by atoms with van der Waals surface area (Å²) in [4.78, 5) is 11.8. The lowest BCUT2D eigenvalue weighted by Gasteiger charge is -2.00. The highest BCUT2D eigenvalue weighted by molar-refractivity contribution is 9.10. The quantitative estimate of drug-likeness (QED) is 0.765. The topological polar surface area (TPSA) is 61.8 Å². The van der Waals surface area contributed by atoms with Crippen molar-refractivity contribution in [1.82, 2.24) is 15.0 Å². The van der Waals surface area contributed by atoms with Crippen LogP contribution in [0.5, 0.6) is 5.75 Å². The smallest absolute Gasteiger partial charge is 0.177 e. The van der Waals surface area contributed by atoms with Gasteiger partial charge in [-0.25, -0.2) is 9.97 Å². The number of benzene rings is 1. The number of phenols is 1. The van der Waals surface area contributed by atoms with Crippen LogP contribution in [0.1, 0.15) is 11.4 Å². The minimum atomic E-state index is 0.284. The van der Waals surface area contributed by atoms with Gasteiger partial charge in [-0.15, -0.1) is 0 Å². The molecule has 0 saturated carbocycles. The summed E-state index contributed by atoms with van der Waals surface area (Å²) in [6.07, 6.45) is 2.27. The van der Waals surface area contributed by atoms with Gasteiger partial charge < -0.3 is 10.1 Å². The fourth-order valence-corrected chi connectivity index (χ4v) is 2.18. The van der Waals surface area contributed by atoms with Gasteiger partial charge in [-0.3, -0.25) is 0 Å². The van der Waals surface area contributed by atoms with Crippen LogP contribution in [0.2, 0.25) is 0 Å². The molecule has 5 heteroatoms. The number of para-hydroxylation sites is 1. The largest absolute Gasteiger partial charge is 0.508 e. The van der Waals surface area contributed by atoms with Gasteiger partial charge in [0.05, 0.1) is 5.52 Å². The Bertz CT molecular complexity index is 708. The molecule has 0 spiro atoms. The fraction of sp³-hybridized carbons (Fsp3) is 0.0769. The van der Waals surface area contributed by atoms with Crippen LogP contribution in [0, 0.1) is 0 Å². The van der Waals surface area contributed by atoms with E-state index in [0.29, 0.717) is 12.1 Å². The lowest BCUT2D eigenvalue weighted by Crippen LogP contribution is -1.90. The van der Waals surface area contributed by atoms with Crippen molar-refractivity contribution in [3.8, 4) is 5.75 Å². The molecule has 2 heterocycles. The standard InChI is InChI=1S/C13H10BrN3O/c14-9-6-10-13(15-7-9)17-12(16-10)5-8-3-1-2-4-11(8)18/h1-4,6-7,18H,5H2,(H,15,16,17). The number of rotatable bonds is 2. The van der Waals surface area contributed by atoms with Crippen LogP contribution in [0.3, 0.4) is 0 Å². The summed E-state index contributed by atoms with van der Waals surface area (Å²) in [6, 6.07) is 9.19. The molecule has 1 aromatic carbocycles. The third-order valence-corrected chi connectivity index (χ3v) is 3.14. The van der Waals surface area contributed by atoms with Gasteiger partial charge in [0.25, 0.3) is 0 Å². The number of aromatic amines is 1. The number of nitrogens with one attached hydrogen (secondary N) is 1. The Hall–Kier alpha value is -1.88. The van der Waals surface area contributed by atoms with E-state index in [1.807, 2.05) is 18.2 Å². The number of fused-ring (bicyclic) bond motifs is 1. The molecule has 4 nitrogen and oxygen atoms in total. The number of halogens is 1. The van der Waals surface area contributed by atoms with Crippen LogP contribution < -0.4 is 0 Å². The van der Waals surface area contributed by atoms with Crippen molar-refractivity contribution < 1.29 is 5.11 Å². The number of pyridine rings is 1. The molecular weight excluding hydrogens is 294 g/mol. The zero-order valence-corrected chi connectivity index (χ0v) is 11.0. The van der Waals surface area contributed by atoms with Crippen LogP contribution >= 0.6 is 15.9 Å². The first-order chi connectivity index (χ1) is 8.72. The zero-order valence-electron chi connectivity index (χ0n) is 9.39. The van der Waals surface area contributed by atoms with Gasteiger partial charge in [-0.2, -0.15) is 0 Å². The molecule has 90 valence electrons. The Balaban J connectivity index is 1.98. The predicted octanol–water partition coefficient (Wildman–Crippen LogP) is 3.02. The lowest BCUT2D eigenvalue weighted by atomic mass is 10.1. The maximum atomic E-state index is 9.73. The van der Waals surface area contributed by atoms with Gasteiger partial charge >= 0.3 is 0 Å². The Morgan fingerprint density at radius 3 is 2.94 bits per heavy atom. The molecule has 18 heavy (non-hydrogen) atoms. The molecule has 0 saturated heterocycles. The second kappa shape index (κ2) is 4.42. The number of hydrogen-bond acceptors (Lipinski definition) is 3. The van der Waals surface area contributed by atoms with E-state index in [2.05, 4.69) is 30.9 Å². The molecule has 0 amide bonds. The first-order valence-corrected chi connectivity index (χ1v) is 6.29. The van der Waals surface area contributed by atoms with E-state index in [1.165, 1.54) is 0 Å². The number of phenolic OH excluding ortho intramolecular Hbond substituents is 1. The van der Waals surface area contributed by atoms with Gasteiger partial charge in [-0.05, 0) is 28.1 Å². The second-order valence-electron chi connectivity index (χ2n) is 4.01. The summed E-state index contributed by atoms with van der Waals surface area (Å²) < 4.78 is 0.910. The fourth-order valence-electron chi connectivity index (χ4n) is 1.85. The van der Waals surface area contributed by atoms with Gasteiger partial charge in [0.2, 0.25) is 0 Å². The Morgan fingerprint density at radius 2 is 2.11 bits per heavy atom. The van der Waals surface area contributed by atoms with Gasteiger partial charge in [0.15, 0.2) is 5.65 Å². The minimum absolute atomic E-state index is 0.284. The van der Waals surface area contributed by atoms with Crippen LogP contribution in [0.4, 0.5) is 0 Å². The average Bonchev–Trinajstić information content (AvgIpc) is 2.73. The van der Waals surface area contributed by atoms with Crippen molar-refractivity contribution in [3.05, 3.63) is 52.4 Å². The van der Waals surface area contributed by atoms with Crippen molar-refractivity contribution in [2.45, 2.75) is 6.42 Å². The predicted molar refractivity (Wildman–Crippen MR) is 72.5 cm³/mol. The Morgan fingerprint density at radius 1 is 1.28 bits per heavy atom. The lowest BCUT2D eigenvalue weighted by molar-refractivity contribution is 0.469. The van der Waals surface area contributed by atoms with Crippen LogP contribution in [-0.4, -0.2) is 20.1 Å². The summed E-state index contributed by atoms with van der Waals surface area (Å²) >= 11 is 3.37. The van der Waals surface area contributed by atoms with Crippen molar-refractivity contribution in [1.29, 1.82) is 0 Å². The number of H-pyrrole nitrogens is 1. The molecule has 0 radical (unpaired) electrons. The Kier molecular flexibility index (Phi) is 2.76.